The minimum Gasteiger partial charge on any atom is -0.466 e. The standard InChI is InChI=1S/C27H32N4O4S/c1-3-34-26(32)17-10-9-15-31(16-17)24-23(28-19-12-6-7-13-20(19)29-24)30-25-22(27(33)35-4-2)18-11-5-8-14-21(18)36-25/h6-7,12-13,17H,3-5,8-11,14-16H2,1-2H3,(H,28,30). The quantitative estimate of drug-likeness (QED) is 0.432. The highest BCUT2D eigenvalue weighted by atomic mass is 32.1. The number of carbonyl (C=O) groups excluding carboxylic acids is 2. The number of anilines is 3. The summed E-state index contributed by atoms with van der Waals surface area (Å²) in [4.78, 5) is 38.8. The molecular weight excluding hydrogens is 476 g/mol. The van der Waals surface area contributed by atoms with E-state index in [1.54, 1.807) is 11.3 Å². The van der Waals surface area contributed by atoms with Gasteiger partial charge in [-0.2, -0.15) is 0 Å². The molecular formula is C27H32N4O4S. The number of esters is 2. The zero-order valence-corrected chi connectivity index (χ0v) is 21.7. The first-order chi connectivity index (χ1) is 17.6. The molecule has 9 heteroatoms. The lowest BCUT2D eigenvalue weighted by molar-refractivity contribution is -0.148. The fraction of sp³-hybridized carbons (Fsp3) is 0.481. The number of hydrogen-bond donors (Lipinski definition) is 1. The fourth-order valence-electron chi connectivity index (χ4n) is 5.10. The van der Waals surface area contributed by atoms with Gasteiger partial charge in [0.2, 0.25) is 0 Å². The Labute approximate surface area is 215 Å². The molecule has 1 saturated heterocycles. The molecule has 36 heavy (non-hydrogen) atoms. The van der Waals surface area contributed by atoms with Crippen LogP contribution in [0.5, 0.6) is 0 Å². The van der Waals surface area contributed by atoms with Crippen molar-refractivity contribution < 1.29 is 19.1 Å². The smallest absolute Gasteiger partial charge is 0.341 e. The topological polar surface area (TPSA) is 93.6 Å². The molecule has 8 nitrogen and oxygen atoms in total. The SMILES string of the molecule is CCOC(=O)c1c(Nc2nc3ccccc3nc2N2CCCC(C(=O)OCC)C2)sc2c1CCCC2. The normalized spacial score (nSPS) is 17.5. The lowest BCUT2D eigenvalue weighted by Crippen LogP contribution is -2.40. The molecule has 0 radical (unpaired) electrons. The Hall–Kier alpha value is -3.20. The average molecular weight is 509 g/mol. The first-order valence-corrected chi connectivity index (χ1v) is 13.7. The van der Waals surface area contributed by atoms with E-state index in [0.29, 0.717) is 37.0 Å². The Kier molecular flexibility index (Phi) is 7.36. The van der Waals surface area contributed by atoms with Crippen LogP contribution in [0.15, 0.2) is 24.3 Å². The number of rotatable bonds is 7. The Morgan fingerprint density at radius 2 is 1.81 bits per heavy atom. The van der Waals surface area contributed by atoms with E-state index in [4.69, 9.17) is 19.4 Å². The summed E-state index contributed by atoms with van der Waals surface area (Å²) in [7, 11) is 0. The molecule has 1 aromatic carbocycles. The maximum atomic E-state index is 13.0. The summed E-state index contributed by atoms with van der Waals surface area (Å²) in [5, 5.41) is 4.24. The summed E-state index contributed by atoms with van der Waals surface area (Å²) in [6.07, 6.45) is 5.70. The van der Waals surface area contributed by atoms with Crippen LogP contribution in [0.1, 0.15) is 60.3 Å². The highest BCUT2D eigenvalue weighted by Crippen LogP contribution is 2.41. The zero-order chi connectivity index (χ0) is 25.1. The summed E-state index contributed by atoms with van der Waals surface area (Å²) in [6.45, 7) is 5.64. The second-order valence-electron chi connectivity index (χ2n) is 9.18. The van der Waals surface area contributed by atoms with Gasteiger partial charge in [-0.05, 0) is 70.1 Å². The van der Waals surface area contributed by atoms with Gasteiger partial charge in [-0.3, -0.25) is 4.79 Å². The maximum Gasteiger partial charge on any atom is 0.341 e. The number of fused-ring (bicyclic) bond motifs is 2. The van der Waals surface area contributed by atoms with E-state index in [1.807, 2.05) is 38.1 Å². The van der Waals surface area contributed by atoms with Gasteiger partial charge in [-0.25, -0.2) is 14.8 Å². The van der Waals surface area contributed by atoms with Gasteiger partial charge in [0.05, 0.1) is 35.7 Å². The van der Waals surface area contributed by atoms with Crippen LogP contribution in [0.3, 0.4) is 0 Å². The third kappa shape index (κ3) is 4.89. The van der Waals surface area contributed by atoms with Crippen LogP contribution < -0.4 is 10.2 Å². The molecule has 1 fully saturated rings. The summed E-state index contributed by atoms with van der Waals surface area (Å²) in [5.74, 6) is 0.603. The molecule has 5 rings (SSSR count). The van der Waals surface area contributed by atoms with Crippen molar-refractivity contribution in [1.29, 1.82) is 0 Å². The highest BCUT2D eigenvalue weighted by Gasteiger charge is 2.31. The number of nitrogens with zero attached hydrogens (tertiary/aromatic N) is 3. The highest BCUT2D eigenvalue weighted by molar-refractivity contribution is 7.16. The molecule has 1 unspecified atom stereocenters. The Morgan fingerprint density at radius 1 is 1.06 bits per heavy atom. The molecule has 1 atom stereocenters. The third-order valence-electron chi connectivity index (χ3n) is 6.78. The van der Waals surface area contributed by atoms with Crippen molar-refractivity contribution in [3.8, 4) is 0 Å². The predicted octanol–water partition coefficient (Wildman–Crippen LogP) is 5.27. The van der Waals surface area contributed by atoms with Crippen LogP contribution in [-0.2, 0) is 27.1 Å². The van der Waals surface area contributed by atoms with E-state index in [1.165, 1.54) is 4.88 Å². The molecule has 0 saturated carbocycles. The lowest BCUT2D eigenvalue weighted by atomic mass is 9.95. The van der Waals surface area contributed by atoms with E-state index in [9.17, 15) is 9.59 Å². The van der Waals surface area contributed by atoms with Crippen molar-refractivity contribution >= 4 is 50.9 Å². The Balaban J connectivity index is 1.55. The van der Waals surface area contributed by atoms with Crippen molar-refractivity contribution in [2.75, 3.05) is 36.5 Å². The largest absolute Gasteiger partial charge is 0.466 e. The van der Waals surface area contributed by atoms with Gasteiger partial charge in [-0.15, -0.1) is 11.3 Å². The van der Waals surface area contributed by atoms with Crippen LogP contribution in [0.2, 0.25) is 0 Å². The molecule has 0 amide bonds. The molecule has 2 aromatic heterocycles. The van der Waals surface area contributed by atoms with Gasteiger partial charge in [0.1, 0.15) is 5.00 Å². The van der Waals surface area contributed by atoms with Gasteiger partial charge < -0.3 is 19.7 Å². The van der Waals surface area contributed by atoms with Crippen LogP contribution >= 0.6 is 11.3 Å². The van der Waals surface area contributed by atoms with Gasteiger partial charge >= 0.3 is 11.9 Å². The van der Waals surface area contributed by atoms with Crippen molar-refractivity contribution in [1.82, 2.24) is 9.97 Å². The van der Waals surface area contributed by atoms with E-state index < -0.39 is 0 Å². The number of ether oxygens (including phenoxy) is 2. The first-order valence-electron chi connectivity index (χ1n) is 12.9. The summed E-state index contributed by atoms with van der Waals surface area (Å²) in [5.41, 5.74) is 3.28. The molecule has 0 bridgehead atoms. The van der Waals surface area contributed by atoms with E-state index >= 15 is 0 Å². The first kappa shape index (κ1) is 24.5. The number of aryl methyl sites for hydroxylation is 1. The Morgan fingerprint density at radius 3 is 2.58 bits per heavy atom. The lowest BCUT2D eigenvalue weighted by Gasteiger charge is -2.33. The van der Waals surface area contributed by atoms with Gasteiger partial charge in [0.25, 0.3) is 0 Å². The van der Waals surface area contributed by atoms with Crippen LogP contribution in [0.25, 0.3) is 11.0 Å². The minimum atomic E-state index is -0.296. The van der Waals surface area contributed by atoms with E-state index in [2.05, 4.69) is 10.2 Å². The number of aromatic nitrogens is 2. The number of piperidine rings is 1. The van der Waals surface area contributed by atoms with Crippen LogP contribution in [0.4, 0.5) is 16.6 Å². The van der Waals surface area contributed by atoms with Crippen LogP contribution in [0, 0.1) is 5.92 Å². The van der Waals surface area contributed by atoms with E-state index in [0.717, 1.165) is 66.7 Å². The molecule has 1 N–H and O–H groups in total. The van der Waals surface area contributed by atoms with Crippen molar-refractivity contribution in [2.24, 2.45) is 5.92 Å². The maximum absolute atomic E-state index is 13.0. The van der Waals surface area contributed by atoms with Gasteiger partial charge in [0.15, 0.2) is 11.6 Å². The number of hydrogen-bond acceptors (Lipinski definition) is 9. The van der Waals surface area contributed by atoms with Gasteiger partial charge in [0, 0.05) is 18.0 Å². The van der Waals surface area contributed by atoms with Crippen LogP contribution in [-0.4, -0.2) is 48.2 Å². The number of carbonyl (C=O) groups is 2. The summed E-state index contributed by atoms with van der Waals surface area (Å²) in [6, 6.07) is 7.75. The Bertz CT molecular complexity index is 1270. The molecule has 1 aliphatic heterocycles. The third-order valence-corrected chi connectivity index (χ3v) is 7.98. The zero-order valence-electron chi connectivity index (χ0n) is 20.8. The van der Waals surface area contributed by atoms with Crippen molar-refractivity contribution in [3.63, 3.8) is 0 Å². The summed E-state index contributed by atoms with van der Waals surface area (Å²) >= 11 is 1.61. The molecule has 3 heterocycles. The predicted molar refractivity (Wildman–Crippen MR) is 141 cm³/mol. The van der Waals surface area contributed by atoms with Crippen molar-refractivity contribution in [2.45, 2.75) is 52.4 Å². The summed E-state index contributed by atoms with van der Waals surface area (Å²) < 4.78 is 10.7. The molecule has 1 aliphatic carbocycles. The number of para-hydroxylation sites is 2. The number of benzene rings is 1. The average Bonchev–Trinajstić information content (AvgIpc) is 3.26. The second-order valence-corrected chi connectivity index (χ2v) is 10.3. The monoisotopic (exact) mass is 508 g/mol. The fourth-order valence-corrected chi connectivity index (χ4v) is 6.37. The van der Waals surface area contributed by atoms with Crippen molar-refractivity contribution in [3.05, 3.63) is 40.3 Å². The molecule has 3 aromatic rings. The van der Waals surface area contributed by atoms with Gasteiger partial charge in [-0.1, -0.05) is 12.1 Å². The molecule has 2 aliphatic rings. The number of thiophene rings is 1. The molecule has 190 valence electrons. The molecule has 0 spiro atoms. The number of nitrogens with one attached hydrogen (secondary N) is 1. The van der Waals surface area contributed by atoms with E-state index in [-0.39, 0.29) is 17.9 Å². The minimum absolute atomic E-state index is 0.166. The second kappa shape index (κ2) is 10.8.